The highest BCUT2D eigenvalue weighted by Gasteiger charge is 1.96. The first-order chi connectivity index (χ1) is 5.22. The molecular formula is C10H21N. The maximum absolute atomic E-state index is 5.71. The molecule has 0 aliphatic heterocycles. The summed E-state index contributed by atoms with van der Waals surface area (Å²) in [5.41, 5.74) is 8.18. The molecule has 0 heterocycles. The summed E-state index contributed by atoms with van der Waals surface area (Å²) in [6.07, 6.45) is 6.24. The molecule has 11 heavy (non-hydrogen) atoms. The van der Waals surface area contributed by atoms with E-state index >= 15 is 0 Å². The van der Waals surface area contributed by atoms with E-state index < -0.39 is 0 Å². The summed E-state index contributed by atoms with van der Waals surface area (Å²) in [4.78, 5) is 0. The van der Waals surface area contributed by atoms with Gasteiger partial charge in [0.15, 0.2) is 0 Å². The first kappa shape index (κ1) is 10.5. The van der Waals surface area contributed by atoms with Crippen molar-refractivity contribution >= 4 is 0 Å². The average molecular weight is 155 g/mol. The SMILES string of the molecule is CCCCC/C(CC)=C(/C)N. The van der Waals surface area contributed by atoms with Crippen molar-refractivity contribution in [3.8, 4) is 0 Å². The van der Waals surface area contributed by atoms with Gasteiger partial charge in [-0.05, 0) is 26.2 Å². The fraction of sp³-hybridized carbons (Fsp3) is 0.800. The highest BCUT2D eigenvalue weighted by atomic mass is 14.6. The van der Waals surface area contributed by atoms with Crippen LogP contribution in [-0.2, 0) is 0 Å². The van der Waals surface area contributed by atoms with Gasteiger partial charge in [0.1, 0.15) is 0 Å². The molecule has 0 atom stereocenters. The Kier molecular flexibility index (Phi) is 6.00. The van der Waals surface area contributed by atoms with Crippen molar-refractivity contribution in [2.75, 3.05) is 0 Å². The van der Waals surface area contributed by atoms with Crippen molar-refractivity contribution in [2.24, 2.45) is 5.73 Å². The van der Waals surface area contributed by atoms with Gasteiger partial charge in [0.25, 0.3) is 0 Å². The maximum Gasteiger partial charge on any atom is 0.00406 e. The first-order valence-corrected chi connectivity index (χ1v) is 4.66. The molecule has 2 N–H and O–H groups in total. The van der Waals surface area contributed by atoms with Crippen LogP contribution in [0.1, 0.15) is 52.9 Å². The van der Waals surface area contributed by atoms with Crippen LogP contribution < -0.4 is 5.73 Å². The Morgan fingerprint density at radius 3 is 2.18 bits per heavy atom. The second-order valence-electron chi connectivity index (χ2n) is 3.10. The minimum Gasteiger partial charge on any atom is -0.402 e. The highest BCUT2D eigenvalue weighted by molar-refractivity contribution is 5.07. The van der Waals surface area contributed by atoms with E-state index in [4.69, 9.17) is 5.73 Å². The predicted octanol–water partition coefficient (Wildman–Crippen LogP) is 3.21. The van der Waals surface area contributed by atoms with Crippen LogP contribution in [0.5, 0.6) is 0 Å². The van der Waals surface area contributed by atoms with E-state index in [1.807, 2.05) is 6.92 Å². The van der Waals surface area contributed by atoms with Gasteiger partial charge >= 0.3 is 0 Å². The van der Waals surface area contributed by atoms with Crippen molar-refractivity contribution in [1.29, 1.82) is 0 Å². The molecule has 0 aliphatic carbocycles. The third-order valence-corrected chi connectivity index (χ3v) is 2.07. The van der Waals surface area contributed by atoms with Gasteiger partial charge in [-0.2, -0.15) is 0 Å². The fourth-order valence-corrected chi connectivity index (χ4v) is 1.24. The topological polar surface area (TPSA) is 26.0 Å². The Balaban J connectivity index is 3.63. The standard InChI is InChI=1S/C10H21N/c1-4-6-7-8-10(5-2)9(3)11/h4-8,11H2,1-3H3/b10-9-. The van der Waals surface area contributed by atoms with Gasteiger partial charge in [0.2, 0.25) is 0 Å². The molecule has 0 aliphatic rings. The zero-order valence-corrected chi connectivity index (χ0v) is 8.11. The number of hydrogen-bond acceptors (Lipinski definition) is 1. The molecule has 0 radical (unpaired) electrons. The summed E-state index contributed by atoms with van der Waals surface area (Å²) in [6.45, 7) is 6.41. The molecule has 0 aromatic heterocycles. The molecular weight excluding hydrogens is 134 g/mol. The van der Waals surface area contributed by atoms with Crippen LogP contribution in [-0.4, -0.2) is 0 Å². The highest BCUT2D eigenvalue weighted by Crippen LogP contribution is 2.13. The van der Waals surface area contributed by atoms with E-state index in [0.717, 1.165) is 12.1 Å². The Bertz CT molecular complexity index is 121. The minimum absolute atomic E-state index is 1.03. The summed E-state index contributed by atoms with van der Waals surface area (Å²) >= 11 is 0. The second-order valence-corrected chi connectivity index (χ2v) is 3.10. The smallest absolute Gasteiger partial charge is 0.00406 e. The lowest BCUT2D eigenvalue weighted by molar-refractivity contribution is 0.696. The third-order valence-electron chi connectivity index (χ3n) is 2.07. The van der Waals surface area contributed by atoms with Crippen LogP contribution in [0.4, 0.5) is 0 Å². The van der Waals surface area contributed by atoms with Crippen LogP contribution in [0.3, 0.4) is 0 Å². The lowest BCUT2D eigenvalue weighted by Crippen LogP contribution is -1.97. The molecule has 0 bridgehead atoms. The lowest BCUT2D eigenvalue weighted by Gasteiger charge is -2.05. The zero-order valence-electron chi connectivity index (χ0n) is 8.11. The summed E-state index contributed by atoms with van der Waals surface area (Å²) < 4.78 is 0. The van der Waals surface area contributed by atoms with Crippen LogP contribution in [0.2, 0.25) is 0 Å². The van der Waals surface area contributed by atoms with Crippen LogP contribution in [0.25, 0.3) is 0 Å². The minimum atomic E-state index is 1.03. The molecule has 1 nitrogen and oxygen atoms in total. The normalized spacial score (nSPS) is 13.0. The van der Waals surface area contributed by atoms with Crippen molar-refractivity contribution < 1.29 is 0 Å². The van der Waals surface area contributed by atoms with Gasteiger partial charge in [0.05, 0.1) is 0 Å². The van der Waals surface area contributed by atoms with Gasteiger partial charge in [0, 0.05) is 5.70 Å². The van der Waals surface area contributed by atoms with E-state index in [9.17, 15) is 0 Å². The summed E-state index contributed by atoms with van der Waals surface area (Å²) in [5, 5.41) is 0. The number of allylic oxidation sites excluding steroid dienone is 2. The van der Waals surface area contributed by atoms with Crippen molar-refractivity contribution in [3.63, 3.8) is 0 Å². The van der Waals surface area contributed by atoms with Crippen molar-refractivity contribution in [3.05, 3.63) is 11.3 Å². The second kappa shape index (κ2) is 6.26. The monoisotopic (exact) mass is 155 g/mol. The van der Waals surface area contributed by atoms with Gasteiger partial charge in [-0.25, -0.2) is 0 Å². The number of unbranched alkanes of at least 4 members (excludes halogenated alkanes) is 2. The Morgan fingerprint density at radius 1 is 1.18 bits per heavy atom. The molecule has 0 aromatic carbocycles. The fourth-order valence-electron chi connectivity index (χ4n) is 1.24. The lowest BCUT2D eigenvalue weighted by atomic mass is 10.0. The van der Waals surface area contributed by atoms with Crippen molar-refractivity contribution in [2.45, 2.75) is 52.9 Å². The van der Waals surface area contributed by atoms with E-state index in [0.29, 0.717) is 0 Å². The van der Waals surface area contributed by atoms with E-state index in [1.165, 1.54) is 31.3 Å². The van der Waals surface area contributed by atoms with Gasteiger partial charge < -0.3 is 5.73 Å². The van der Waals surface area contributed by atoms with Crippen LogP contribution in [0, 0.1) is 0 Å². The molecule has 0 saturated heterocycles. The molecule has 1 heteroatoms. The van der Waals surface area contributed by atoms with Crippen LogP contribution in [0.15, 0.2) is 11.3 Å². The quantitative estimate of drug-likeness (QED) is 0.606. The van der Waals surface area contributed by atoms with Gasteiger partial charge in [-0.3, -0.25) is 0 Å². The number of nitrogens with two attached hydrogens (primary N) is 1. The number of hydrogen-bond donors (Lipinski definition) is 1. The molecule has 0 saturated carbocycles. The third kappa shape index (κ3) is 4.88. The molecule has 0 fully saturated rings. The average Bonchev–Trinajstić information content (AvgIpc) is 1.97. The Hall–Kier alpha value is -0.460. The predicted molar refractivity (Wildman–Crippen MR) is 51.3 cm³/mol. The summed E-state index contributed by atoms with van der Waals surface area (Å²) in [7, 11) is 0. The van der Waals surface area contributed by atoms with Crippen LogP contribution >= 0.6 is 0 Å². The molecule has 0 aromatic rings. The molecule has 66 valence electrons. The van der Waals surface area contributed by atoms with Gasteiger partial charge in [-0.1, -0.05) is 32.3 Å². The summed E-state index contributed by atoms with van der Waals surface area (Å²) in [6, 6.07) is 0. The molecule has 0 spiro atoms. The van der Waals surface area contributed by atoms with E-state index in [-0.39, 0.29) is 0 Å². The largest absolute Gasteiger partial charge is 0.402 e. The molecule has 0 amide bonds. The van der Waals surface area contributed by atoms with E-state index in [1.54, 1.807) is 0 Å². The molecule has 0 unspecified atom stereocenters. The van der Waals surface area contributed by atoms with Crippen molar-refractivity contribution in [1.82, 2.24) is 0 Å². The molecule has 0 rings (SSSR count). The van der Waals surface area contributed by atoms with E-state index in [2.05, 4.69) is 13.8 Å². The summed E-state index contributed by atoms with van der Waals surface area (Å²) in [5.74, 6) is 0. The van der Waals surface area contributed by atoms with Gasteiger partial charge in [-0.15, -0.1) is 0 Å². The maximum atomic E-state index is 5.71. The number of rotatable bonds is 5. The zero-order chi connectivity index (χ0) is 8.69. The Labute approximate surface area is 70.7 Å². The Morgan fingerprint density at radius 2 is 1.82 bits per heavy atom. The first-order valence-electron chi connectivity index (χ1n) is 4.66.